The Morgan fingerprint density at radius 2 is 1.76 bits per heavy atom. The van der Waals surface area contributed by atoms with Crippen LogP contribution in [0.15, 0.2) is 48.5 Å². The third-order valence-electron chi connectivity index (χ3n) is 4.78. The van der Waals surface area contributed by atoms with Gasteiger partial charge in [0, 0.05) is 6.42 Å². The monoisotopic (exact) mass is 411 g/mol. The molecular formula is C22H22ClN3O3. The maximum Gasteiger partial charge on any atom is 0.336 e. The first-order valence-corrected chi connectivity index (χ1v) is 9.77. The van der Waals surface area contributed by atoms with E-state index in [2.05, 4.69) is 11.9 Å². The number of carbonyl (C=O) groups is 2. The van der Waals surface area contributed by atoms with Crippen LogP contribution in [-0.4, -0.2) is 26.5 Å². The fourth-order valence-corrected chi connectivity index (χ4v) is 3.69. The number of amides is 1. The van der Waals surface area contributed by atoms with Crippen molar-refractivity contribution in [1.82, 2.24) is 9.55 Å². The number of hydrogen-bond donors (Lipinski definition) is 2. The lowest BCUT2D eigenvalue weighted by molar-refractivity contribution is 0.0697. The Morgan fingerprint density at radius 3 is 2.41 bits per heavy atom. The molecule has 1 aromatic heterocycles. The highest BCUT2D eigenvalue weighted by molar-refractivity contribution is 6.32. The molecule has 0 atom stereocenters. The molecule has 3 rings (SSSR count). The predicted octanol–water partition coefficient (Wildman–Crippen LogP) is 4.39. The van der Waals surface area contributed by atoms with E-state index in [1.54, 1.807) is 28.8 Å². The van der Waals surface area contributed by atoms with E-state index in [1.807, 2.05) is 24.3 Å². The number of benzene rings is 2. The lowest BCUT2D eigenvalue weighted by Gasteiger charge is -2.15. The summed E-state index contributed by atoms with van der Waals surface area (Å²) < 4.78 is 1.74. The maximum atomic E-state index is 12.0. The van der Waals surface area contributed by atoms with Crippen molar-refractivity contribution in [2.24, 2.45) is 5.73 Å². The van der Waals surface area contributed by atoms with Crippen LogP contribution in [-0.2, 0) is 13.0 Å². The number of hydrogen-bond acceptors (Lipinski definition) is 3. The minimum Gasteiger partial charge on any atom is -0.478 e. The Hall–Kier alpha value is -3.12. The van der Waals surface area contributed by atoms with Crippen LogP contribution in [0.2, 0.25) is 5.15 Å². The van der Waals surface area contributed by atoms with Crippen molar-refractivity contribution in [3.63, 3.8) is 0 Å². The molecule has 3 aromatic rings. The van der Waals surface area contributed by atoms with Crippen LogP contribution in [0.1, 0.15) is 52.0 Å². The normalized spacial score (nSPS) is 10.8. The minimum absolute atomic E-state index is 0.0898. The van der Waals surface area contributed by atoms with Crippen LogP contribution in [0.3, 0.4) is 0 Å². The summed E-state index contributed by atoms with van der Waals surface area (Å²) in [6, 6.07) is 14.3. The number of carbonyl (C=O) groups excluding carboxylic acids is 1. The Balaban J connectivity index is 2.12. The number of nitrogens with zero attached hydrogens (tertiary/aromatic N) is 2. The van der Waals surface area contributed by atoms with Crippen molar-refractivity contribution in [1.29, 1.82) is 0 Å². The lowest BCUT2D eigenvalue weighted by Crippen LogP contribution is -2.19. The highest BCUT2D eigenvalue weighted by atomic mass is 35.5. The van der Waals surface area contributed by atoms with Gasteiger partial charge in [0.2, 0.25) is 0 Å². The first-order chi connectivity index (χ1) is 13.9. The number of aryl methyl sites for hydroxylation is 1. The number of aromatic nitrogens is 2. The third kappa shape index (κ3) is 4.32. The first-order valence-electron chi connectivity index (χ1n) is 9.39. The second kappa shape index (κ2) is 8.92. The van der Waals surface area contributed by atoms with Gasteiger partial charge in [-0.05, 0) is 29.2 Å². The van der Waals surface area contributed by atoms with Gasteiger partial charge in [-0.3, -0.25) is 4.79 Å². The molecule has 0 aliphatic rings. The summed E-state index contributed by atoms with van der Waals surface area (Å²) in [6.45, 7) is 2.38. The fraction of sp³-hybridized carbons (Fsp3) is 0.227. The highest BCUT2D eigenvalue weighted by Gasteiger charge is 2.21. The molecule has 1 amide bonds. The topological polar surface area (TPSA) is 98.2 Å². The molecule has 1 heterocycles. The minimum atomic E-state index is -0.998. The Kier molecular flexibility index (Phi) is 6.34. The van der Waals surface area contributed by atoms with Crippen molar-refractivity contribution < 1.29 is 14.7 Å². The number of imidazole rings is 1. The van der Waals surface area contributed by atoms with Gasteiger partial charge in [0.15, 0.2) is 5.15 Å². The quantitative estimate of drug-likeness (QED) is 0.574. The molecule has 29 heavy (non-hydrogen) atoms. The van der Waals surface area contributed by atoms with Crippen molar-refractivity contribution in [2.75, 3.05) is 0 Å². The Labute approximate surface area is 173 Å². The van der Waals surface area contributed by atoms with Gasteiger partial charge >= 0.3 is 5.97 Å². The molecule has 7 heteroatoms. The molecule has 0 saturated heterocycles. The summed E-state index contributed by atoms with van der Waals surface area (Å²) in [5.41, 5.74) is 8.16. The molecule has 0 aliphatic carbocycles. The largest absolute Gasteiger partial charge is 0.478 e. The molecule has 0 radical (unpaired) electrons. The zero-order valence-electron chi connectivity index (χ0n) is 16.1. The number of primary amides is 1. The maximum absolute atomic E-state index is 12.0. The molecule has 0 spiro atoms. The smallest absolute Gasteiger partial charge is 0.336 e. The molecule has 0 saturated carbocycles. The van der Waals surface area contributed by atoms with E-state index in [9.17, 15) is 14.7 Å². The number of unbranched alkanes of at least 4 members (excludes halogenated alkanes) is 1. The third-order valence-corrected chi connectivity index (χ3v) is 5.05. The Morgan fingerprint density at radius 1 is 1.10 bits per heavy atom. The molecule has 0 unspecified atom stereocenters. The van der Waals surface area contributed by atoms with Gasteiger partial charge in [0.05, 0.1) is 12.1 Å². The first kappa shape index (κ1) is 20.6. The average molecular weight is 412 g/mol. The Bertz CT molecular complexity index is 1060. The fourth-order valence-electron chi connectivity index (χ4n) is 3.39. The van der Waals surface area contributed by atoms with Gasteiger partial charge in [0.25, 0.3) is 5.91 Å². The van der Waals surface area contributed by atoms with Crippen LogP contribution in [0.4, 0.5) is 0 Å². The molecule has 6 nitrogen and oxygen atoms in total. The van der Waals surface area contributed by atoms with E-state index in [0.29, 0.717) is 24.4 Å². The van der Waals surface area contributed by atoms with Crippen LogP contribution in [0, 0.1) is 0 Å². The zero-order valence-corrected chi connectivity index (χ0v) is 16.8. The summed E-state index contributed by atoms with van der Waals surface area (Å²) in [6.07, 6.45) is 2.53. The molecular weight excluding hydrogens is 390 g/mol. The molecule has 150 valence electrons. The van der Waals surface area contributed by atoms with Crippen LogP contribution >= 0.6 is 11.6 Å². The second-order valence-corrected chi connectivity index (χ2v) is 7.09. The molecule has 0 aliphatic heterocycles. The second-order valence-electron chi connectivity index (χ2n) is 6.73. The van der Waals surface area contributed by atoms with E-state index in [0.717, 1.165) is 24.0 Å². The predicted molar refractivity (Wildman–Crippen MR) is 112 cm³/mol. The van der Waals surface area contributed by atoms with Gasteiger partial charge < -0.3 is 15.4 Å². The molecule has 0 fully saturated rings. The van der Waals surface area contributed by atoms with Gasteiger partial charge in [0.1, 0.15) is 11.5 Å². The van der Waals surface area contributed by atoms with E-state index in [-0.39, 0.29) is 16.4 Å². The van der Waals surface area contributed by atoms with Crippen LogP contribution < -0.4 is 5.73 Å². The number of carboxylic acids is 1. The lowest BCUT2D eigenvalue weighted by atomic mass is 9.95. The number of aromatic carboxylic acids is 1. The van der Waals surface area contributed by atoms with Crippen molar-refractivity contribution in [3.05, 3.63) is 76.3 Å². The number of rotatable bonds is 8. The number of nitrogens with two attached hydrogens (primary N) is 1. The number of carboxylic acid groups (broad SMARTS) is 1. The molecule has 2 aromatic carbocycles. The standard InChI is InChI=1S/C22H22ClN3O3/c1-2-3-12-18-25-20(23)19(21(24)27)26(18)13-14-8-4-5-9-15(14)16-10-6-7-11-17(16)22(28)29/h4-11H,2-3,12-13H2,1H3,(H2,24,27)(H,28,29). The zero-order chi connectivity index (χ0) is 21.0. The van der Waals surface area contributed by atoms with Gasteiger partial charge in [-0.15, -0.1) is 0 Å². The van der Waals surface area contributed by atoms with Crippen molar-refractivity contribution in [3.8, 4) is 11.1 Å². The van der Waals surface area contributed by atoms with Crippen molar-refractivity contribution >= 4 is 23.5 Å². The summed E-state index contributed by atoms with van der Waals surface area (Å²) >= 11 is 6.20. The van der Waals surface area contributed by atoms with Gasteiger partial charge in [-0.1, -0.05) is 67.4 Å². The average Bonchev–Trinajstić information content (AvgIpc) is 3.01. The highest BCUT2D eigenvalue weighted by Crippen LogP contribution is 2.29. The SMILES string of the molecule is CCCCc1nc(Cl)c(C(N)=O)n1Cc1ccccc1-c1ccccc1C(=O)O. The molecule has 3 N–H and O–H groups in total. The van der Waals surface area contributed by atoms with Crippen molar-refractivity contribution in [2.45, 2.75) is 32.7 Å². The summed E-state index contributed by atoms with van der Waals surface area (Å²) in [4.78, 5) is 28.1. The van der Waals surface area contributed by atoms with E-state index in [4.69, 9.17) is 17.3 Å². The van der Waals surface area contributed by atoms with Crippen LogP contribution in [0.5, 0.6) is 0 Å². The van der Waals surface area contributed by atoms with Crippen LogP contribution in [0.25, 0.3) is 11.1 Å². The number of halogens is 1. The summed E-state index contributed by atoms with van der Waals surface area (Å²) in [5, 5.41) is 9.67. The van der Waals surface area contributed by atoms with Gasteiger partial charge in [-0.2, -0.15) is 0 Å². The van der Waals surface area contributed by atoms with E-state index in [1.165, 1.54) is 0 Å². The van der Waals surface area contributed by atoms with E-state index < -0.39 is 11.9 Å². The van der Waals surface area contributed by atoms with Gasteiger partial charge in [-0.25, -0.2) is 9.78 Å². The molecule has 0 bridgehead atoms. The summed E-state index contributed by atoms with van der Waals surface area (Å²) in [5.74, 6) is -0.955. The van der Waals surface area contributed by atoms with E-state index >= 15 is 0 Å². The summed E-state index contributed by atoms with van der Waals surface area (Å²) in [7, 11) is 0.